The van der Waals surface area contributed by atoms with E-state index in [0.29, 0.717) is 39.1 Å². The Morgan fingerprint density at radius 3 is 2.39 bits per heavy atom. The zero-order chi connectivity index (χ0) is 16.2. The normalized spacial score (nSPS) is 17.2. The fourth-order valence-electron chi connectivity index (χ4n) is 2.78. The summed E-state index contributed by atoms with van der Waals surface area (Å²) < 4.78 is 6.42. The van der Waals surface area contributed by atoms with Gasteiger partial charge in [0.1, 0.15) is 0 Å². The summed E-state index contributed by atoms with van der Waals surface area (Å²) in [6.07, 6.45) is 1.40. The van der Waals surface area contributed by atoms with Crippen LogP contribution in [-0.2, 0) is 14.9 Å². The molecule has 4 nitrogen and oxygen atoms in total. The number of carbonyl (C=O) groups is 1. The molecule has 1 amide bonds. The lowest BCUT2D eigenvalue weighted by atomic mass is 9.78. The Kier molecular flexibility index (Phi) is 7.52. The molecule has 1 aliphatic rings. The molecule has 0 spiro atoms. The van der Waals surface area contributed by atoms with Gasteiger partial charge in [-0.3, -0.25) is 4.79 Å². The first kappa shape index (κ1) is 20.4. The summed E-state index contributed by atoms with van der Waals surface area (Å²) in [5.74, 6) is 0.0588. The van der Waals surface area contributed by atoms with Gasteiger partial charge >= 0.3 is 0 Å². The molecular weight excluding hydrogens is 380 g/mol. The maximum atomic E-state index is 12.6. The molecule has 0 atom stereocenters. The van der Waals surface area contributed by atoms with Crippen molar-refractivity contribution in [2.45, 2.75) is 32.1 Å². The SMILES string of the molecule is CC(C)(CNC(=O)C1(CN)CCOCC1)c1ccc(Br)cc1.Cl. The van der Waals surface area contributed by atoms with Gasteiger partial charge in [-0.25, -0.2) is 0 Å². The second-order valence-electron chi connectivity index (χ2n) is 6.67. The van der Waals surface area contributed by atoms with Crippen molar-refractivity contribution in [3.05, 3.63) is 34.3 Å². The molecule has 130 valence electrons. The second-order valence-corrected chi connectivity index (χ2v) is 7.59. The molecule has 6 heteroatoms. The molecule has 1 saturated heterocycles. The van der Waals surface area contributed by atoms with Crippen molar-refractivity contribution in [1.29, 1.82) is 0 Å². The van der Waals surface area contributed by atoms with E-state index in [-0.39, 0.29) is 23.7 Å². The predicted molar refractivity (Wildman–Crippen MR) is 99.0 cm³/mol. The van der Waals surface area contributed by atoms with Crippen LogP contribution in [0.1, 0.15) is 32.3 Å². The van der Waals surface area contributed by atoms with Crippen molar-refractivity contribution in [3.63, 3.8) is 0 Å². The largest absolute Gasteiger partial charge is 0.381 e. The summed E-state index contributed by atoms with van der Waals surface area (Å²) >= 11 is 3.45. The van der Waals surface area contributed by atoms with Gasteiger partial charge in [-0.05, 0) is 30.5 Å². The van der Waals surface area contributed by atoms with Gasteiger partial charge in [0, 0.05) is 36.2 Å². The predicted octanol–water partition coefficient (Wildman–Crippen LogP) is 3.02. The molecule has 23 heavy (non-hydrogen) atoms. The number of hydrogen-bond acceptors (Lipinski definition) is 3. The Morgan fingerprint density at radius 2 is 1.87 bits per heavy atom. The van der Waals surface area contributed by atoms with Crippen molar-refractivity contribution in [3.8, 4) is 0 Å². The molecule has 0 saturated carbocycles. The van der Waals surface area contributed by atoms with Gasteiger partial charge in [0.25, 0.3) is 0 Å². The number of carbonyl (C=O) groups excluding carboxylic acids is 1. The minimum absolute atomic E-state index is 0. The zero-order valence-corrected chi connectivity index (χ0v) is 16.1. The van der Waals surface area contributed by atoms with E-state index in [9.17, 15) is 4.79 Å². The Hall–Kier alpha value is -0.620. The van der Waals surface area contributed by atoms with E-state index < -0.39 is 5.41 Å². The first-order valence-corrected chi connectivity index (χ1v) is 8.51. The number of halogens is 2. The molecule has 1 aliphatic heterocycles. The van der Waals surface area contributed by atoms with E-state index in [1.165, 1.54) is 5.56 Å². The van der Waals surface area contributed by atoms with Gasteiger partial charge in [0.2, 0.25) is 5.91 Å². The Labute approximate surface area is 153 Å². The molecule has 1 aromatic rings. The topological polar surface area (TPSA) is 64.4 Å². The number of nitrogens with two attached hydrogens (primary N) is 1. The molecule has 1 aromatic carbocycles. The molecular formula is C17H26BrClN2O2. The number of benzene rings is 1. The van der Waals surface area contributed by atoms with Crippen molar-refractivity contribution >= 4 is 34.2 Å². The van der Waals surface area contributed by atoms with Gasteiger partial charge in [-0.2, -0.15) is 0 Å². The minimum Gasteiger partial charge on any atom is -0.381 e. The molecule has 0 radical (unpaired) electrons. The van der Waals surface area contributed by atoms with Crippen LogP contribution in [0.15, 0.2) is 28.7 Å². The average Bonchev–Trinajstić information content (AvgIpc) is 2.53. The Morgan fingerprint density at radius 1 is 1.30 bits per heavy atom. The van der Waals surface area contributed by atoms with Crippen LogP contribution in [0.5, 0.6) is 0 Å². The van der Waals surface area contributed by atoms with E-state index >= 15 is 0 Å². The first-order chi connectivity index (χ1) is 10.4. The zero-order valence-electron chi connectivity index (χ0n) is 13.7. The van der Waals surface area contributed by atoms with Crippen LogP contribution in [0.25, 0.3) is 0 Å². The van der Waals surface area contributed by atoms with Crippen LogP contribution >= 0.6 is 28.3 Å². The molecule has 0 aromatic heterocycles. The molecule has 0 aliphatic carbocycles. The summed E-state index contributed by atoms with van der Waals surface area (Å²) in [5, 5.41) is 3.11. The summed E-state index contributed by atoms with van der Waals surface area (Å²) in [7, 11) is 0. The number of hydrogen-bond donors (Lipinski definition) is 2. The van der Waals surface area contributed by atoms with Crippen LogP contribution in [0.4, 0.5) is 0 Å². The second kappa shape index (κ2) is 8.47. The van der Waals surface area contributed by atoms with Crippen molar-refractivity contribution in [1.82, 2.24) is 5.32 Å². The summed E-state index contributed by atoms with van der Waals surface area (Å²) in [6.45, 7) is 6.46. The van der Waals surface area contributed by atoms with E-state index in [2.05, 4.69) is 47.2 Å². The van der Waals surface area contributed by atoms with Gasteiger partial charge in [0.15, 0.2) is 0 Å². The summed E-state index contributed by atoms with van der Waals surface area (Å²) in [4.78, 5) is 12.6. The molecule has 1 heterocycles. The van der Waals surface area contributed by atoms with E-state index in [1.54, 1.807) is 0 Å². The highest BCUT2D eigenvalue weighted by Crippen LogP contribution is 2.30. The Balaban J connectivity index is 0.00000264. The van der Waals surface area contributed by atoms with Gasteiger partial charge in [0.05, 0.1) is 5.41 Å². The van der Waals surface area contributed by atoms with Crippen molar-refractivity contribution in [2.24, 2.45) is 11.1 Å². The number of rotatable bonds is 5. The molecule has 3 N–H and O–H groups in total. The van der Waals surface area contributed by atoms with Crippen LogP contribution in [0.2, 0.25) is 0 Å². The van der Waals surface area contributed by atoms with Crippen LogP contribution in [-0.4, -0.2) is 32.2 Å². The maximum Gasteiger partial charge on any atom is 0.227 e. The monoisotopic (exact) mass is 404 g/mol. The van der Waals surface area contributed by atoms with Crippen molar-refractivity contribution in [2.75, 3.05) is 26.3 Å². The van der Waals surface area contributed by atoms with E-state index in [0.717, 1.165) is 4.47 Å². The fraction of sp³-hybridized carbons (Fsp3) is 0.588. The third-order valence-corrected chi connectivity index (χ3v) is 5.17. The summed E-state index contributed by atoms with van der Waals surface area (Å²) in [6, 6.07) is 8.23. The first-order valence-electron chi connectivity index (χ1n) is 7.72. The van der Waals surface area contributed by atoms with E-state index in [1.807, 2.05) is 12.1 Å². The van der Waals surface area contributed by atoms with Crippen molar-refractivity contribution < 1.29 is 9.53 Å². The van der Waals surface area contributed by atoms with Gasteiger partial charge < -0.3 is 15.8 Å². The summed E-state index contributed by atoms with van der Waals surface area (Å²) in [5.41, 5.74) is 6.49. The maximum absolute atomic E-state index is 12.6. The van der Waals surface area contributed by atoms with E-state index in [4.69, 9.17) is 10.5 Å². The highest BCUT2D eigenvalue weighted by atomic mass is 79.9. The molecule has 0 unspecified atom stereocenters. The fourth-order valence-corrected chi connectivity index (χ4v) is 3.04. The molecule has 1 fully saturated rings. The lowest BCUT2D eigenvalue weighted by Crippen LogP contribution is -2.51. The third-order valence-electron chi connectivity index (χ3n) is 4.64. The minimum atomic E-state index is -0.464. The Bertz CT molecular complexity index is 514. The quantitative estimate of drug-likeness (QED) is 0.791. The lowest BCUT2D eigenvalue weighted by molar-refractivity contribution is -0.136. The van der Waals surface area contributed by atoms with Crippen LogP contribution in [0.3, 0.4) is 0 Å². The number of ether oxygens (including phenoxy) is 1. The third kappa shape index (κ3) is 4.92. The highest BCUT2D eigenvalue weighted by Gasteiger charge is 2.39. The standard InChI is InChI=1S/C17H25BrN2O2.ClH/c1-16(2,13-3-5-14(18)6-4-13)12-20-15(21)17(11-19)7-9-22-10-8-17;/h3-6H,7-12,19H2,1-2H3,(H,20,21);1H. The number of amides is 1. The van der Waals surface area contributed by atoms with Gasteiger partial charge in [-0.15, -0.1) is 12.4 Å². The average molecular weight is 406 g/mol. The molecule has 2 rings (SSSR count). The number of nitrogens with one attached hydrogen (secondary N) is 1. The smallest absolute Gasteiger partial charge is 0.227 e. The highest BCUT2D eigenvalue weighted by molar-refractivity contribution is 9.10. The lowest BCUT2D eigenvalue weighted by Gasteiger charge is -2.36. The molecule has 0 bridgehead atoms. The van der Waals surface area contributed by atoms with Gasteiger partial charge in [-0.1, -0.05) is 41.9 Å². The van der Waals surface area contributed by atoms with Crippen LogP contribution in [0, 0.1) is 5.41 Å². The van der Waals surface area contributed by atoms with Crippen LogP contribution < -0.4 is 11.1 Å².